The minimum absolute atomic E-state index is 0.298. The molecule has 0 atom stereocenters. The summed E-state index contributed by atoms with van der Waals surface area (Å²) in [6.07, 6.45) is 1.92. The summed E-state index contributed by atoms with van der Waals surface area (Å²) in [4.78, 5) is 15.4. The molecular weight excluding hydrogens is 238 g/mol. The van der Waals surface area contributed by atoms with Gasteiger partial charge in [-0.2, -0.15) is 0 Å². The van der Waals surface area contributed by atoms with Crippen molar-refractivity contribution in [1.29, 1.82) is 0 Å². The number of carbonyl (C=O) groups is 1. The Bertz CT molecular complexity index is 416. The molecule has 1 fully saturated rings. The molecule has 1 aromatic rings. The summed E-state index contributed by atoms with van der Waals surface area (Å²) in [6.45, 7) is 3.39. The standard InChI is InChI=1S/C12H15NO3S/c1-8-2-3-10(12(14)15)11(13-8)17-9-4-6-16-7-5-9/h2-3,9H,4-7H2,1H3,(H,14,15). The second kappa shape index (κ2) is 5.51. The summed E-state index contributed by atoms with van der Waals surface area (Å²) in [7, 11) is 0. The van der Waals surface area contributed by atoms with E-state index in [4.69, 9.17) is 9.84 Å². The number of carboxylic acid groups (broad SMARTS) is 1. The fraction of sp³-hybridized carbons (Fsp3) is 0.500. The lowest BCUT2D eigenvalue weighted by atomic mass is 10.2. The highest BCUT2D eigenvalue weighted by molar-refractivity contribution is 7.99. The maximum absolute atomic E-state index is 11.1. The van der Waals surface area contributed by atoms with Crippen LogP contribution >= 0.6 is 11.8 Å². The topological polar surface area (TPSA) is 59.4 Å². The van der Waals surface area contributed by atoms with Crippen molar-refractivity contribution in [2.45, 2.75) is 30.0 Å². The molecule has 1 aliphatic rings. The monoisotopic (exact) mass is 253 g/mol. The van der Waals surface area contributed by atoms with Crippen molar-refractivity contribution in [3.63, 3.8) is 0 Å². The van der Waals surface area contributed by atoms with Gasteiger partial charge < -0.3 is 9.84 Å². The number of thioether (sulfide) groups is 1. The number of rotatable bonds is 3. The number of hydrogen-bond donors (Lipinski definition) is 1. The predicted octanol–water partition coefficient (Wildman–Crippen LogP) is 2.36. The molecule has 0 saturated carbocycles. The fourth-order valence-electron chi connectivity index (χ4n) is 1.74. The highest BCUT2D eigenvalue weighted by Gasteiger charge is 2.19. The zero-order chi connectivity index (χ0) is 12.3. The Morgan fingerprint density at radius 2 is 2.18 bits per heavy atom. The van der Waals surface area contributed by atoms with Crippen LogP contribution in [0.2, 0.25) is 0 Å². The zero-order valence-corrected chi connectivity index (χ0v) is 10.5. The Kier molecular flexibility index (Phi) is 4.02. The molecule has 0 amide bonds. The van der Waals surface area contributed by atoms with Crippen molar-refractivity contribution in [3.8, 4) is 0 Å². The molecule has 1 saturated heterocycles. The van der Waals surface area contributed by atoms with Gasteiger partial charge in [0.2, 0.25) is 0 Å². The van der Waals surface area contributed by atoms with E-state index in [-0.39, 0.29) is 0 Å². The number of hydrogen-bond acceptors (Lipinski definition) is 4. The molecule has 92 valence electrons. The number of aryl methyl sites for hydroxylation is 1. The van der Waals surface area contributed by atoms with Crippen molar-refractivity contribution in [3.05, 3.63) is 23.4 Å². The SMILES string of the molecule is Cc1ccc(C(=O)O)c(SC2CCOCC2)n1. The Morgan fingerprint density at radius 3 is 2.82 bits per heavy atom. The lowest BCUT2D eigenvalue weighted by Gasteiger charge is -2.21. The molecule has 0 aliphatic carbocycles. The van der Waals surface area contributed by atoms with E-state index in [0.717, 1.165) is 31.7 Å². The van der Waals surface area contributed by atoms with Crippen LogP contribution in [0.15, 0.2) is 17.2 Å². The van der Waals surface area contributed by atoms with Crippen LogP contribution in [0.4, 0.5) is 0 Å². The van der Waals surface area contributed by atoms with E-state index in [1.807, 2.05) is 6.92 Å². The number of aromatic carboxylic acids is 1. The van der Waals surface area contributed by atoms with Gasteiger partial charge in [-0.05, 0) is 31.9 Å². The fourth-order valence-corrected chi connectivity index (χ4v) is 2.96. The van der Waals surface area contributed by atoms with Crippen LogP contribution in [0.1, 0.15) is 28.9 Å². The minimum atomic E-state index is -0.910. The van der Waals surface area contributed by atoms with Crippen molar-refractivity contribution in [1.82, 2.24) is 4.98 Å². The Hall–Kier alpha value is -1.07. The van der Waals surface area contributed by atoms with E-state index in [2.05, 4.69) is 4.98 Å². The third-order valence-electron chi connectivity index (χ3n) is 2.68. The van der Waals surface area contributed by atoms with Crippen molar-refractivity contribution < 1.29 is 14.6 Å². The molecule has 17 heavy (non-hydrogen) atoms. The van der Waals surface area contributed by atoms with E-state index in [1.165, 1.54) is 0 Å². The molecule has 0 aromatic carbocycles. The summed E-state index contributed by atoms with van der Waals surface area (Å²) in [5.41, 5.74) is 1.15. The van der Waals surface area contributed by atoms with Gasteiger partial charge in [-0.3, -0.25) is 0 Å². The summed E-state index contributed by atoms with van der Waals surface area (Å²) >= 11 is 1.56. The lowest BCUT2D eigenvalue weighted by Crippen LogP contribution is -2.18. The van der Waals surface area contributed by atoms with Crippen LogP contribution in [-0.4, -0.2) is 34.5 Å². The van der Waals surface area contributed by atoms with Gasteiger partial charge in [0.05, 0.1) is 5.56 Å². The largest absolute Gasteiger partial charge is 0.478 e. The zero-order valence-electron chi connectivity index (χ0n) is 9.68. The van der Waals surface area contributed by atoms with Crippen molar-refractivity contribution in [2.75, 3.05) is 13.2 Å². The van der Waals surface area contributed by atoms with Crippen LogP contribution in [0.25, 0.3) is 0 Å². The lowest BCUT2D eigenvalue weighted by molar-refractivity contribution is 0.0692. The highest BCUT2D eigenvalue weighted by Crippen LogP contribution is 2.30. The van der Waals surface area contributed by atoms with E-state index in [9.17, 15) is 4.79 Å². The molecule has 1 aliphatic heterocycles. The maximum Gasteiger partial charge on any atom is 0.338 e. The van der Waals surface area contributed by atoms with Crippen molar-refractivity contribution in [2.24, 2.45) is 0 Å². The molecule has 0 bridgehead atoms. The van der Waals surface area contributed by atoms with E-state index < -0.39 is 5.97 Å². The van der Waals surface area contributed by atoms with Crippen LogP contribution in [-0.2, 0) is 4.74 Å². The molecule has 0 spiro atoms. The number of aromatic nitrogens is 1. The van der Waals surface area contributed by atoms with Gasteiger partial charge in [0, 0.05) is 24.2 Å². The molecule has 0 radical (unpaired) electrons. The number of carboxylic acids is 1. The smallest absolute Gasteiger partial charge is 0.338 e. The van der Waals surface area contributed by atoms with Crippen LogP contribution in [0.5, 0.6) is 0 Å². The van der Waals surface area contributed by atoms with Crippen LogP contribution in [0.3, 0.4) is 0 Å². The minimum Gasteiger partial charge on any atom is -0.478 e. The first-order chi connectivity index (χ1) is 8.16. The molecule has 5 heteroatoms. The quantitative estimate of drug-likeness (QED) is 0.896. The average molecular weight is 253 g/mol. The van der Waals surface area contributed by atoms with Gasteiger partial charge in [0.15, 0.2) is 0 Å². The second-order valence-corrected chi connectivity index (χ2v) is 5.33. The van der Waals surface area contributed by atoms with Gasteiger partial charge >= 0.3 is 5.97 Å². The molecule has 4 nitrogen and oxygen atoms in total. The third kappa shape index (κ3) is 3.20. The van der Waals surface area contributed by atoms with Gasteiger partial charge in [-0.15, -0.1) is 11.8 Å². The summed E-state index contributed by atoms with van der Waals surface area (Å²) < 4.78 is 5.29. The Labute approximate surface area is 104 Å². The van der Waals surface area contributed by atoms with Gasteiger partial charge in [0.1, 0.15) is 5.03 Å². The first-order valence-corrected chi connectivity index (χ1v) is 6.50. The number of ether oxygens (including phenoxy) is 1. The first-order valence-electron chi connectivity index (χ1n) is 5.62. The number of nitrogens with zero attached hydrogens (tertiary/aromatic N) is 1. The average Bonchev–Trinajstić information content (AvgIpc) is 2.30. The number of pyridine rings is 1. The van der Waals surface area contributed by atoms with Crippen molar-refractivity contribution >= 4 is 17.7 Å². The molecule has 1 N–H and O–H groups in total. The maximum atomic E-state index is 11.1. The summed E-state index contributed by atoms with van der Waals surface area (Å²) in [5.74, 6) is -0.910. The summed E-state index contributed by atoms with van der Waals surface area (Å²) in [6, 6.07) is 3.36. The Balaban J connectivity index is 2.17. The first kappa shape index (κ1) is 12.4. The predicted molar refractivity (Wildman–Crippen MR) is 65.6 cm³/mol. The van der Waals surface area contributed by atoms with Crippen LogP contribution < -0.4 is 0 Å². The Morgan fingerprint density at radius 1 is 1.47 bits per heavy atom. The van der Waals surface area contributed by atoms with E-state index in [1.54, 1.807) is 23.9 Å². The normalized spacial score (nSPS) is 17.0. The van der Waals surface area contributed by atoms with Gasteiger partial charge in [0.25, 0.3) is 0 Å². The second-order valence-electron chi connectivity index (χ2n) is 4.04. The van der Waals surface area contributed by atoms with Crippen LogP contribution in [0, 0.1) is 6.92 Å². The van der Waals surface area contributed by atoms with E-state index >= 15 is 0 Å². The molecule has 2 rings (SSSR count). The highest BCUT2D eigenvalue weighted by atomic mass is 32.2. The van der Waals surface area contributed by atoms with Gasteiger partial charge in [-0.1, -0.05) is 0 Å². The summed E-state index contributed by atoms with van der Waals surface area (Å²) in [5, 5.41) is 10.2. The molecule has 2 heterocycles. The molecule has 0 unspecified atom stereocenters. The van der Waals surface area contributed by atoms with Gasteiger partial charge in [-0.25, -0.2) is 9.78 Å². The third-order valence-corrected chi connectivity index (χ3v) is 4.02. The molecular formula is C12H15NO3S. The molecule has 1 aromatic heterocycles. The van der Waals surface area contributed by atoms with E-state index in [0.29, 0.717) is 15.8 Å².